The van der Waals surface area contributed by atoms with Gasteiger partial charge in [-0.1, -0.05) is 146 Å². The molecule has 114 heavy (non-hydrogen) atoms. The van der Waals surface area contributed by atoms with Crippen molar-refractivity contribution in [2.45, 2.75) is 0 Å². The fraction of sp³-hybridized carbons (Fsp3) is 0. The number of hydrogen-bond donors (Lipinski definition) is 0. The lowest BCUT2D eigenvalue weighted by molar-refractivity contribution is -0.000652. The summed E-state index contributed by atoms with van der Waals surface area (Å²) in [5.74, 6) is 0. The molecule has 0 spiro atoms. The second-order valence-electron chi connectivity index (χ2n) is 26.6. The maximum absolute atomic E-state index is 9.13. The Bertz CT molecular complexity index is 4760. The summed E-state index contributed by atoms with van der Waals surface area (Å²) in [7, 11) is -68.2. The van der Waals surface area contributed by atoms with Crippen molar-refractivity contribution in [1.82, 2.24) is 0 Å². The van der Waals surface area contributed by atoms with Crippen LogP contribution in [-0.2, 0) is 74.1 Å². The molecule has 0 N–H and O–H groups in total. The van der Waals surface area contributed by atoms with E-state index in [0.717, 1.165) is 42.8 Å². The van der Waals surface area contributed by atoms with Crippen LogP contribution in [0.2, 0.25) is 0 Å². The van der Waals surface area contributed by atoms with Crippen molar-refractivity contribution in [1.29, 1.82) is 0 Å². The molecule has 20 rings (SSSR count). The molecule has 8 aliphatic heterocycles. The molecule has 0 aromatic heterocycles. The predicted octanol–water partition coefficient (Wildman–Crippen LogP) is 11.8. The average Bonchev–Trinajstić information content (AvgIpc) is 0.664. The van der Waals surface area contributed by atoms with Gasteiger partial charge in [-0.15, -0.1) is 0 Å². The molecule has 0 amide bonds. The first-order valence-corrected chi connectivity index (χ1v) is 68.1. The van der Waals surface area contributed by atoms with Crippen molar-refractivity contribution < 1.29 is 74.1 Å². The summed E-state index contributed by atoms with van der Waals surface area (Å²) in [4.78, 5) is 0. The van der Waals surface area contributed by atoms with Crippen molar-refractivity contribution in [2.75, 3.05) is 0 Å². The molecule has 8 saturated heterocycles. The summed E-state index contributed by atoms with van der Waals surface area (Å²) in [6, 6.07) is 94.7. The van der Waals surface area contributed by atoms with E-state index >= 15 is 0 Å². The molecule has 12 aromatic carbocycles. The number of halogens is 12. The van der Waals surface area contributed by atoms with Gasteiger partial charge in [0.2, 0.25) is 0 Å². The Morgan fingerprint density at radius 3 is 0.202 bits per heavy atom. The number of benzene rings is 12. The van der Waals surface area contributed by atoms with E-state index < -0.39 is 106 Å². The fourth-order valence-electron chi connectivity index (χ4n) is 13.9. The van der Waals surface area contributed by atoms with Gasteiger partial charge in [0.05, 0.1) is 0 Å². The van der Waals surface area contributed by atoms with Crippen molar-refractivity contribution in [3.8, 4) is 0 Å². The topological polar surface area (TPSA) is 166 Å². The number of rotatable bonds is 12. The minimum atomic E-state index is -5.72. The molecule has 0 aliphatic carbocycles. The van der Waals surface area contributed by atoms with Gasteiger partial charge in [-0.25, -0.2) is 0 Å². The SMILES string of the molecule is Ic1ccc([Si]23O[Si]4(c5ccc(I)cc5)O[Si]5(c6ccc(I)cc6)O[Si](c6ccc(I)cc6)(O2)O[Si]2(c6ccc(I)cc6)O[Si]6(c7ccc(I)cc7)O[Si]7(c8ccc(I)cc8)O[Si](c8ccc(I)cc8)(O2)O[Si](c2ccc(I)cc2)(O3)O[Si](c2ccc(I)cc2)(O4)O[Si](c2ccc(I)cc2)(O7)O[Si](c2ccc(I)cc2)(O6)O5)cc1. The molecular formula is C72H48I12O18Si12. The highest BCUT2D eigenvalue weighted by atomic mass is 127. The van der Waals surface area contributed by atoms with Crippen molar-refractivity contribution in [2.24, 2.45) is 0 Å². The molecule has 576 valence electrons. The lowest BCUT2D eigenvalue weighted by Gasteiger charge is -2.62. The van der Waals surface area contributed by atoms with Crippen LogP contribution in [0.5, 0.6) is 0 Å². The Balaban J connectivity index is 1.15. The fourth-order valence-corrected chi connectivity index (χ4v) is 87.1. The second-order valence-corrected chi connectivity index (χ2v) is 76.5. The first-order valence-electron chi connectivity index (χ1n) is 34.5. The quantitative estimate of drug-likeness (QED) is 0.0836. The third-order valence-electron chi connectivity index (χ3n) is 19.2. The van der Waals surface area contributed by atoms with Crippen LogP contribution >= 0.6 is 271 Å². The molecule has 12 aromatic rings. The lowest BCUT2D eigenvalue weighted by atomic mass is 10.4. The summed E-state index contributed by atoms with van der Waals surface area (Å²) in [6.07, 6.45) is 0. The minimum Gasteiger partial charge on any atom is -0.366 e. The smallest absolute Gasteiger partial charge is 0.366 e. The van der Waals surface area contributed by atoms with Gasteiger partial charge in [0.25, 0.3) is 0 Å². The van der Waals surface area contributed by atoms with Crippen LogP contribution in [0.25, 0.3) is 0 Å². The number of hydrogen-bond acceptors (Lipinski definition) is 18. The minimum absolute atomic E-state index is 0.386. The molecule has 12 bridgehead atoms. The molecule has 0 atom stereocenters. The van der Waals surface area contributed by atoms with Crippen LogP contribution < -0.4 is 62.2 Å². The lowest BCUT2D eigenvalue weighted by Crippen LogP contribution is -2.96. The van der Waals surface area contributed by atoms with E-state index in [0.29, 0.717) is 62.2 Å². The van der Waals surface area contributed by atoms with E-state index in [1.54, 1.807) is 0 Å². The molecule has 8 fully saturated rings. The standard InChI is InChI=1S/C72H48I12O18Si12/c73-49-1-25-61(26-2-49)103-85-104(62-27-3-50(74)4-28-62)89-109(67-37-13-55(79)14-38-67)95-107(87-103,65-33-9-53(77)10-34-65)99-111(69-41-17-57(81)18-42-69)91-105(63-29-5-51(75)6-30-63)86-106(64-31-7-52(76)8-32-64)92-112(97-111,70-43-19-58(82)20-44-70)100-108(88-103,66-35-11-54(78)12-36-66)96-110(90-104,68-39-15-56(80)16-40-68)102-114(94-106,72-47-23-60(84)24-48-72)98-113(93-105,101-109)71-45-21-59(83)22-46-71/h1-48H. The van der Waals surface area contributed by atoms with Crippen molar-refractivity contribution in [3.05, 3.63) is 334 Å². The highest BCUT2D eigenvalue weighted by Gasteiger charge is 2.88. The van der Waals surface area contributed by atoms with E-state index in [1.807, 2.05) is 291 Å². The van der Waals surface area contributed by atoms with Crippen molar-refractivity contribution in [3.63, 3.8) is 0 Å². The first-order chi connectivity index (χ1) is 54.7. The highest BCUT2D eigenvalue weighted by molar-refractivity contribution is 14.1. The van der Waals surface area contributed by atoms with Gasteiger partial charge < -0.3 is 74.1 Å². The van der Waals surface area contributed by atoms with Gasteiger partial charge in [0, 0.05) is 105 Å². The summed E-state index contributed by atoms with van der Waals surface area (Å²) < 4.78 is 174. The van der Waals surface area contributed by atoms with Gasteiger partial charge in [-0.3, -0.25) is 0 Å². The molecule has 8 heterocycles. The van der Waals surface area contributed by atoms with Crippen LogP contribution in [0.15, 0.2) is 291 Å². The largest absolute Gasteiger partial charge is 0.515 e. The van der Waals surface area contributed by atoms with E-state index in [9.17, 15) is 0 Å². The van der Waals surface area contributed by atoms with Crippen LogP contribution in [0.3, 0.4) is 0 Å². The Labute approximate surface area is 832 Å². The van der Waals surface area contributed by atoms with E-state index in [2.05, 4.69) is 271 Å². The molecule has 0 radical (unpaired) electrons. The third-order valence-corrected chi connectivity index (χ3v) is 79.0. The van der Waals surface area contributed by atoms with E-state index in [-0.39, 0.29) is 0 Å². The summed E-state index contributed by atoms with van der Waals surface area (Å²) >= 11 is 27.9. The zero-order valence-corrected chi connectivity index (χ0v) is 95.5. The maximum Gasteiger partial charge on any atom is 0.515 e. The van der Waals surface area contributed by atoms with E-state index in [4.69, 9.17) is 74.1 Å². The average molecular weight is 3060 g/mol. The monoisotopic (exact) mass is 3060 g/mol. The molecule has 0 unspecified atom stereocenters. The molecule has 42 heteroatoms. The van der Waals surface area contributed by atoms with Crippen LogP contribution in [0, 0.1) is 42.8 Å². The zero-order valence-electron chi connectivity index (χ0n) is 57.6. The van der Waals surface area contributed by atoms with E-state index in [1.165, 1.54) is 0 Å². The Hall–Kier alpha value is 1.28. The van der Waals surface area contributed by atoms with Gasteiger partial charge in [-0.2, -0.15) is 0 Å². The van der Waals surface area contributed by atoms with Crippen molar-refractivity contribution >= 4 is 439 Å². The van der Waals surface area contributed by atoms with Gasteiger partial charge in [0.1, 0.15) is 0 Å². The molecule has 0 saturated carbocycles. The molecule has 8 aliphatic rings. The first kappa shape index (κ1) is 84.8. The molecule has 18 nitrogen and oxygen atoms in total. The second kappa shape index (κ2) is 32.9. The Morgan fingerprint density at radius 1 is 0.0965 bits per heavy atom. The summed E-state index contributed by atoms with van der Waals surface area (Å²) in [6.45, 7) is 0. The summed E-state index contributed by atoms with van der Waals surface area (Å²) in [5, 5.41) is 4.73. The van der Waals surface area contributed by atoms with Crippen LogP contribution in [-0.4, -0.2) is 106 Å². The van der Waals surface area contributed by atoms with Crippen LogP contribution in [0.1, 0.15) is 0 Å². The van der Waals surface area contributed by atoms with Crippen LogP contribution in [0.4, 0.5) is 0 Å². The zero-order chi connectivity index (χ0) is 78.5. The maximum atomic E-state index is 9.13. The summed E-state index contributed by atoms with van der Waals surface area (Å²) in [5.41, 5.74) is 0. The molecular weight excluding hydrogens is 3010 g/mol. The van der Waals surface area contributed by atoms with Gasteiger partial charge >= 0.3 is 106 Å². The Morgan fingerprint density at radius 2 is 0.149 bits per heavy atom. The predicted molar refractivity (Wildman–Crippen MR) is 554 cm³/mol. The van der Waals surface area contributed by atoms with Gasteiger partial charge in [0.15, 0.2) is 0 Å². The third kappa shape index (κ3) is 15.7. The van der Waals surface area contributed by atoms with Gasteiger partial charge in [-0.05, 0) is 417 Å². The highest BCUT2D eigenvalue weighted by Crippen LogP contribution is 2.51. The Kier molecular flexibility index (Phi) is 24.4. The normalized spacial score (nSPS) is 31.5.